The highest BCUT2D eigenvalue weighted by atomic mass is 16.5. The van der Waals surface area contributed by atoms with E-state index in [1.165, 1.54) is 19.3 Å². The highest BCUT2D eigenvalue weighted by molar-refractivity contribution is 4.79. The summed E-state index contributed by atoms with van der Waals surface area (Å²) in [7, 11) is 1.62. The molecule has 4 nitrogen and oxygen atoms in total. The molecule has 1 aliphatic heterocycles. The van der Waals surface area contributed by atoms with E-state index in [4.69, 9.17) is 10.5 Å². The molecule has 15 heavy (non-hydrogen) atoms. The summed E-state index contributed by atoms with van der Waals surface area (Å²) in [5.41, 5.74) is 5.60. The quantitative estimate of drug-likeness (QED) is 0.666. The molecular formula is C11H24N2O2. The third-order valence-electron chi connectivity index (χ3n) is 3.05. The van der Waals surface area contributed by atoms with E-state index in [2.05, 4.69) is 4.90 Å². The molecule has 2 unspecified atom stereocenters. The van der Waals surface area contributed by atoms with Crippen LogP contribution in [0.4, 0.5) is 0 Å². The average Bonchev–Trinajstić information content (AvgIpc) is 2.21. The number of ether oxygens (including phenoxy) is 1. The number of piperidine rings is 1. The van der Waals surface area contributed by atoms with Crippen LogP contribution in [0, 0.1) is 0 Å². The lowest BCUT2D eigenvalue weighted by Gasteiger charge is -2.36. The van der Waals surface area contributed by atoms with Gasteiger partial charge in [0.1, 0.15) is 0 Å². The van der Waals surface area contributed by atoms with Gasteiger partial charge in [-0.3, -0.25) is 4.90 Å². The van der Waals surface area contributed by atoms with E-state index in [0.717, 1.165) is 26.1 Å². The standard InChI is InChI=1S/C11H24N2O2/c1-15-9-11(14)8-13-7-3-2-4-10(13)5-6-12/h10-11,14H,2-9,12H2,1H3. The van der Waals surface area contributed by atoms with Crippen LogP contribution in [0.1, 0.15) is 25.7 Å². The van der Waals surface area contributed by atoms with Gasteiger partial charge in [0, 0.05) is 19.7 Å². The molecule has 0 bridgehead atoms. The van der Waals surface area contributed by atoms with Crippen molar-refractivity contribution < 1.29 is 9.84 Å². The lowest BCUT2D eigenvalue weighted by molar-refractivity contribution is 0.0170. The van der Waals surface area contributed by atoms with E-state index in [0.29, 0.717) is 12.6 Å². The van der Waals surface area contributed by atoms with Gasteiger partial charge in [-0.15, -0.1) is 0 Å². The van der Waals surface area contributed by atoms with Crippen LogP contribution in [0.2, 0.25) is 0 Å². The predicted molar refractivity (Wildman–Crippen MR) is 60.8 cm³/mol. The monoisotopic (exact) mass is 216 g/mol. The third kappa shape index (κ3) is 4.47. The summed E-state index contributed by atoms with van der Waals surface area (Å²) in [6.45, 7) is 2.97. The molecule has 4 heteroatoms. The van der Waals surface area contributed by atoms with E-state index < -0.39 is 0 Å². The smallest absolute Gasteiger partial charge is 0.0900 e. The van der Waals surface area contributed by atoms with Crippen LogP contribution in [0.15, 0.2) is 0 Å². The van der Waals surface area contributed by atoms with Gasteiger partial charge in [0.2, 0.25) is 0 Å². The Hall–Kier alpha value is -0.160. The average molecular weight is 216 g/mol. The molecule has 1 heterocycles. The van der Waals surface area contributed by atoms with Crippen LogP contribution in [0.25, 0.3) is 0 Å². The summed E-state index contributed by atoms with van der Waals surface area (Å²) in [5, 5.41) is 9.69. The van der Waals surface area contributed by atoms with Crippen molar-refractivity contribution in [1.82, 2.24) is 4.90 Å². The van der Waals surface area contributed by atoms with Gasteiger partial charge in [-0.05, 0) is 32.4 Å². The second-order valence-electron chi connectivity index (χ2n) is 4.33. The fourth-order valence-electron chi connectivity index (χ4n) is 2.34. The van der Waals surface area contributed by atoms with Crippen molar-refractivity contribution >= 4 is 0 Å². The van der Waals surface area contributed by atoms with Crippen molar-refractivity contribution in [2.24, 2.45) is 5.73 Å². The zero-order valence-electron chi connectivity index (χ0n) is 9.69. The number of hydrogen-bond acceptors (Lipinski definition) is 4. The van der Waals surface area contributed by atoms with Gasteiger partial charge in [0.15, 0.2) is 0 Å². The lowest BCUT2D eigenvalue weighted by Crippen LogP contribution is -2.45. The summed E-state index contributed by atoms with van der Waals surface area (Å²) in [5.74, 6) is 0. The van der Waals surface area contributed by atoms with Crippen molar-refractivity contribution in [3.63, 3.8) is 0 Å². The molecule has 0 saturated carbocycles. The molecule has 0 amide bonds. The zero-order chi connectivity index (χ0) is 11.1. The van der Waals surface area contributed by atoms with Crippen LogP contribution >= 0.6 is 0 Å². The number of nitrogens with zero attached hydrogens (tertiary/aromatic N) is 1. The minimum atomic E-state index is -0.367. The summed E-state index contributed by atoms with van der Waals surface area (Å²) in [4.78, 5) is 2.36. The maximum absolute atomic E-state index is 9.69. The molecule has 1 saturated heterocycles. The normalized spacial score (nSPS) is 25.4. The Labute approximate surface area is 92.4 Å². The second-order valence-corrected chi connectivity index (χ2v) is 4.33. The van der Waals surface area contributed by atoms with Gasteiger partial charge in [-0.2, -0.15) is 0 Å². The van der Waals surface area contributed by atoms with E-state index in [9.17, 15) is 5.11 Å². The molecular weight excluding hydrogens is 192 g/mol. The fourth-order valence-corrected chi connectivity index (χ4v) is 2.34. The predicted octanol–water partition coefficient (Wildman–Crippen LogP) is 0.197. The minimum Gasteiger partial charge on any atom is -0.389 e. The summed E-state index contributed by atoms with van der Waals surface area (Å²) < 4.78 is 4.94. The SMILES string of the molecule is COCC(O)CN1CCCCC1CCN. The van der Waals surface area contributed by atoms with Crippen molar-refractivity contribution in [3.8, 4) is 0 Å². The lowest BCUT2D eigenvalue weighted by atomic mass is 9.99. The number of aliphatic hydroxyl groups excluding tert-OH is 1. The van der Waals surface area contributed by atoms with Gasteiger partial charge in [0.25, 0.3) is 0 Å². The first-order valence-corrected chi connectivity index (χ1v) is 5.89. The second kappa shape index (κ2) is 7.17. The Balaban J connectivity index is 2.34. The summed E-state index contributed by atoms with van der Waals surface area (Å²) in [6.07, 6.45) is 4.42. The number of nitrogens with two attached hydrogens (primary N) is 1. The largest absolute Gasteiger partial charge is 0.389 e. The van der Waals surface area contributed by atoms with Crippen molar-refractivity contribution in [1.29, 1.82) is 0 Å². The summed E-state index contributed by atoms with van der Waals surface area (Å²) in [6, 6.07) is 0.565. The first-order chi connectivity index (χ1) is 7.27. The van der Waals surface area contributed by atoms with Gasteiger partial charge in [0.05, 0.1) is 12.7 Å². The van der Waals surface area contributed by atoms with Crippen molar-refractivity contribution in [3.05, 3.63) is 0 Å². The van der Waals surface area contributed by atoms with Crippen LogP contribution < -0.4 is 5.73 Å². The van der Waals surface area contributed by atoms with Crippen molar-refractivity contribution in [2.75, 3.05) is 33.4 Å². The first kappa shape index (κ1) is 12.9. The molecule has 0 radical (unpaired) electrons. The Morgan fingerprint density at radius 2 is 2.33 bits per heavy atom. The zero-order valence-corrected chi connectivity index (χ0v) is 9.69. The maximum atomic E-state index is 9.69. The van der Waals surface area contributed by atoms with E-state index >= 15 is 0 Å². The molecule has 2 atom stereocenters. The minimum absolute atomic E-state index is 0.367. The van der Waals surface area contributed by atoms with Crippen LogP contribution in [-0.2, 0) is 4.74 Å². The van der Waals surface area contributed by atoms with Crippen LogP contribution in [-0.4, -0.2) is 55.5 Å². The number of methoxy groups -OCH3 is 1. The number of rotatable bonds is 6. The topological polar surface area (TPSA) is 58.7 Å². The van der Waals surface area contributed by atoms with Gasteiger partial charge in [-0.1, -0.05) is 6.42 Å². The molecule has 1 aliphatic rings. The number of likely N-dealkylation sites (tertiary alicyclic amines) is 1. The molecule has 90 valence electrons. The number of β-amino-alcohol motifs (C(OH)–C–C–N with tert-alkyl or cyclic N) is 1. The van der Waals surface area contributed by atoms with Gasteiger partial charge in [-0.25, -0.2) is 0 Å². The van der Waals surface area contributed by atoms with E-state index in [1.54, 1.807) is 7.11 Å². The Morgan fingerprint density at radius 3 is 3.00 bits per heavy atom. The van der Waals surface area contributed by atoms with Gasteiger partial charge < -0.3 is 15.6 Å². The Kier molecular flexibility index (Phi) is 6.17. The molecule has 0 aromatic heterocycles. The highest BCUT2D eigenvalue weighted by Crippen LogP contribution is 2.19. The summed E-state index contributed by atoms with van der Waals surface area (Å²) >= 11 is 0. The highest BCUT2D eigenvalue weighted by Gasteiger charge is 2.23. The molecule has 0 aromatic rings. The molecule has 0 aromatic carbocycles. The fraction of sp³-hybridized carbons (Fsp3) is 1.00. The van der Waals surface area contributed by atoms with Crippen LogP contribution in [0.3, 0.4) is 0 Å². The van der Waals surface area contributed by atoms with Gasteiger partial charge >= 0.3 is 0 Å². The molecule has 3 N–H and O–H groups in total. The molecule has 1 fully saturated rings. The Bertz CT molecular complexity index is 165. The molecule has 0 spiro atoms. The first-order valence-electron chi connectivity index (χ1n) is 5.89. The van der Waals surface area contributed by atoms with Crippen molar-refractivity contribution in [2.45, 2.75) is 37.8 Å². The number of aliphatic hydroxyl groups is 1. The third-order valence-corrected chi connectivity index (χ3v) is 3.05. The molecule has 1 rings (SSSR count). The Morgan fingerprint density at radius 1 is 1.53 bits per heavy atom. The van der Waals surface area contributed by atoms with Crippen LogP contribution in [0.5, 0.6) is 0 Å². The van der Waals surface area contributed by atoms with E-state index in [1.807, 2.05) is 0 Å². The maximum Gasteiger partial charge on any atom is 0.0900 e. The molecule has 0 aliphatic carbocycles. The number of hydrogen-bond donors (Lipinski definition) is 2. The van der Waals surface area contributed by atoms with E-state index in [-0.39, 0.29) is 6.10 Å².